The zero-order chi connectivity index (χ0) is 21.2. The number of hydrogen-bond donors (Lipinski definition) is 4. The number of nitrogens with zero attached hydrogens (tertiary/aromatic N) is 3. The normalized spacial score (nSPS) is 17.9. The Hall–Kier alpha value is -2.90. The average molecular weight is 449 g/mol. The number of H-pyrrole nitrogens is 1. The number of hydrogen-bond acceptors (Lipinski definition) is 8. The number of rotatable bonds is 7. The number of nitriles is 1. The van der Waals surface area contributed by atoms with E-state index >= 15 is 0 Å². The van der Waals surface area contributed by atoms with Crippen LogP contribution in [0.5, 0.6) is 0 Å². The molecule has 0 radical (unpaired) electrons. The molecule has 3 heterocycles. The number of anilines is 1. The van der Waals surface area contributed by atoms with Crippen molar-refractivity contribution >= 4 is 40.0 Å². The van der Waals surface area contributed by atoms with Gasteiger partial charge in [-0.3, -0.25) is 4.72 Å². The van der Waals surface area contributed by atoms with Crippen molar-refractivity contribution in [1.82, 2.24) is 19.7 Å². The van der Waals surface area contributed by atoms with E-state index in [4.69, 9.17) is 5.26 Å². The molecule has 31 heavy (non-hydrogen) atoms. The SMILES string of the molecule is N#Cc1cccc(SN[C@H]2C[C@@H](Nc3c(-c4nc(CO)cs4)cnc4[nH]ccc34)C2)c1. The summed E-state index contributed by atoms with van der Waals surface area (Å²) in [5, 5.41) is 25.9. The fourth-order valence-electron chi connectivity index (χ4n) is 3.65. The summed E-state index contributed by atoms with van der Waals surface area (Å²) in [6.07, 6.45) is 5.73. The fraction of sp³-hybridized carbons (Fsp3) is 0.227. The smallest absolute Gasteiger partial charge is 0.139 e. The summed E-state index contributed by atoms with van der Waals surface area (Å²) < 4.78 is 3.50. The quantitative estimate of drug-likeness (QED) is 0.312. The standard InChI is InChI=1S/C22H20N6OS2/c23-9-13-2-1-3-17(6-13)31-28-15-7-14(8-15)26-20-18-4-5-24-21(18)25-10-19(20)22-27-16(11-29)12-30-22/h1-6,10,12,14-15,28-29H,7-8,11H2,(H2,24,25,26)/t14-,15+. The van der Waals surface area contributed by atoms with E-state index in [1.165, 1.54) is 11.3 Å². The van der Waals surface area contributed by atoms with E-state index in [0.29, 0.717) is 23.3 Å². The Balaban J connectivity index is 1.27. The van der Waals surface area contributed by atoms with Gasteiger partial charge in [0.1, 0.15) is 10.7 Å². The summed E-state index contributed by atoms with van der Waals surface area (Å²) in [5.74, 6) is 0. The maximum atomic E-state index is 9.37. The number of benzene rings is 1. The molecular formula is C22H20N6OS2. The molecule has 4 N–H and O–H groups in total. The second-order valence-corrected chi connectivity index (χ2v) is 9.23. The molecule has 1 aliphatic carbocycles. The second-order valence-electron chi connectivity index (χ2n) is 7.46. The summed E-state index contributed by atoms with van der Waals surface area (Å²) in [5.41, 5.74) is 4.17. The maximum Gasteiger partial charge on any atom is 0.139 e. The van der Waals surface area contributed by atoms with Crippen LogP contribution < -0.4 is 10.0 Å². The Morgan fingerprint density at radius 2 is 2.19 bits per heavy atom. The lowest BCUT2D eigenvalue weighted by Crippen LogP contribution is -2.45. The van der Waals surface area contributed by atoms with Crippen molar-refractivity contribution in [3.8, 4) is 16.6 Å². The summed E-state index contributed by atoms with van der Waals surface area (Å²) in [6, 6.07) is 12.6. The van der Waals surface area contributed by atoms with Crippen molar-refractivity contribution in [3.63, 3.8) is 0 Å². The number of aromatic nitrogens is 3. The molecule has 0 unspecified atom stereocenters. The van der Waals surface area contributed by atoms with E-state index in [2.05, 4.69) is 31.1 Å². The number of fused-ring (bicyclic) bond motifs is 1. The number of aliphatic hydroxyl groups is 1. The molecule has 5 rings (SSSR count). The van der Waals surface area contributed by atoms with Gasteiger partial charge in [0.2, 0.25) is 0 Å². The molecule has 9 heteroatoms. The van der Waals surface area contributed by atoms with Crippen molar-refractivity contribution in [1.29, 1.82) is 5.26 Å². The van der Waals surface area contributed by atoms with Crippen LogP contribution in [0.2, 0.25) is 0 Å². The number of thiazole rings is 1. The highest BCUT2D eigenvalue weighted by Gasteiger charge is 2.30. The van der Waals surface area contributed by atoms with Crippen molar-refractivity contribution in [2.75, 3.05) is 5.32 Å². The fourth-order valence-corrected chi connectivity index (χ4v) is 5.30. The average Bonchev–Trinajstić information content (AvgIpc) is 3.44. The van der Waals surface area contributed by atoms with Crippen molar-refractivity contribution in [2.45, 2.75) is 36.4 Å². The van der Waals surface area contributed by atoms with Crippen LogP contribution in [0.15, 0.2) is 53.0 Å². The lowest BCUT2D eigenvalue weighted by molar-refractivity contribution is 0.278. The molecule has 1 fully saturated rings. The van der Waals surface area contributed by atoms with Gasteiger partial charge in [0.15, 0.2) is 0 Å². The van der Waals surface area contributed by atoms with E-state index in [1.807, 2.05) is 48.1 Å². The van der Waals surface area contributed by atoms with E-state index in [0.717, 1.165) is 45.0 Å². The largest absolute Gasteiger partial charge is 0.390 e. The molecule has 1 aliphatic rings. The highest BCUT2D eigenvalue weighted by atomic mass is 32.2. The third-order valence-electron chi connectivity index (χ3n) is 5.32. The Labute approximate surface area is 187 Å². The van der Waals surface area contributed by atoms with Gasteiger partial charge in [0, 0.05) is 40.1 Å². The molecule has 7 nitrogen and oxygen atoms in total. The van der Waals surface area contributed by atoms with Crippen molar-refractivity contribution in [2.24, 2.45) is 0 Å². The van der Waals surface area contributed by atoms with Gasteiger partial charge in [-0.2, -0.15) is 5.26 Å². The summed E-state index contributed by atoms with van der Waals surface area (Å²) in [7, 11) is 0. The number of aromatic amines is 1. The lowest BCUT2D eigenvalue weighted by Gasteiger charge is -2.37. The third-order valence-corrected chi connectivity index (χ3v) is 7.19. The predicted octanol–water partition coefficient (Wildman–Crippen LogP) is 4.29. The van der Waals surface area contributed by atoms with Gasteiger partial charge in [-0.15, -0.1) is 11.3 Å². The van der Waals surface area contributed by atoms with Gasteiger partial charge in [-0.05, 0) is 49.1 Å². The topological polar surface area (TPSA) is 110 Å². The molecule has 4 aromatic rings. The molecule has 0 saturated heterocycles. The van der Waals surface area contributed by atoms with E-state index in [-0.39, 0.29) is 6.61 Å². The number of pyridine rings is 1. The molecule has 0 bridgehead atoms. The molecule has 0 aliphatic heterocycles. The van der Waals surface area contributed by atoms with Crippen LogP contribution in [-0.2, 0) is 6.61 Å². The summed E-state index contributed by atoms with van der Waals surface area (Å²) in [6.45, 7) is -0.0655. The maximum absolute atomic E-state index is 9.37. The van der Waals surface area contributed by atoms with Gasteiger partial charge in [0.25, 0.3) is 0 Å². The Kier molecular flexibility index (Phi) is 5.61. The van der Waals surface area contributed by atoms with Crippen molar-refractivity contribution in [3.05, 3.63) is 59.4 Å². The van der Waals surface area contributed by atoms with Gasteiger partial charge >= 0.3 is 0 Å². The van der Waals surface area contributed by atoms with Crippen LogP contribution in [-0.4, -0.2) is 32.1 Å². The highest BCUT2D eigenvalue weighted by Crippen LogP contribution is 2.38. The molecule has 156 valence electrons. The van der Waals surface area contributed by atoms with Gasteiger partial charge in [-0.1, -0.05) is 6.07 Å². The molecule has 0 amide bonds. The first kappa shape index (κ1) is 20.0. The van der Waals surface area contributed by atoms with Crippen LogP contribution in [0.25, 0.3) is 21.6 Å². The van der Waals surface area contributed by atoms with E-state index in [9.17, 15) is 5.11 Å². The zero-order valence-corrected chi connectivity index (χ0v) is 18.1. The lowest BCUT2D eigenvalue weighted by atomic mass is 9.87. The minimum atomic E-state index is -0.0655. The molecule has 1 saturated carbocycles. The zero-order valence-electron chi connectivity index (χ0n) is 16.5. The molecule has 0 spiro atoms. The van der Waals surface area contributed by atoms with Crippen LogP contribution in [0, 0.1) is 11.3 Å². The van der Waals surface area contributed by atoms with Gasteiger partial charge in [0.05, 0.1) is 35.2 Å². The van der Waals surface area contributed by atoms with Crippen LogP contribution in [0.3, 0.4) is 0 Å². The molecule has 1 aromatic carbocycles. The first-order chi connectivity index (χ1) is 15.2. The molecule has 3 aromatic heterocycles. The number of aliphatic hydroxyl groups excluding tert-OH is 1. The molecule has 0 atom stereocenters. The Bertz CT molecular complexity index is 1250. The first-order valence-corrected chi connectivity index (χ1v) is 11.6. The van der Waals surface area contributed by atoms with E-state index < -0.39 is 0 Å². The van der Waals surface area contributed by atoms with Crippen LogP contribution in [0.1, 0.15) is 24.1 Å². The Morgan fingerprint density at radius 1 is 1.29 bits per heavy atom. The van der Waals surface area contributed by atoms with Crippen LogP contribution >= 0.6 is 23.3 Å². The van der Waals surface area contributed by atoms with Gasteiger partial charge < -0.3 is 15.4 Å². The minimum Gasteiger partial charge on any atom is -0.390 e. The summed E-state index contributed by atoms with van der Waals surface area (Å²) in [4.78, 5) is 13.3. The van der Waals surface area contributed by atoms with Gasteiger partial charge in [-0.25, -0.2) is 9.97 Å². The number of nitrogens with one attached hydrogen (secondary N) is 3. The second kappa shape index (κ2) is 8.69. The molecular weight excluding hydrogens is 428 g/mol. The van der Waals surface area contributed by atoms with Crippen LogP contribution in [0.4, 0.5) is 5.69 Å². The first-order valence-electron chi connectivity index (χ1n) is 9.94. The van der Waals surface area contributed by atoms with Crippen molar-refractivity contribution < 1.29 is 5.11 Å². The summed E-state index contributed by atoms with van der Waals surface area (Å²) >= 11 is 3.09. The third kappa shape index (κ3) is 4.16. The highest BCUT2D eigenvalue weighted by molar-refractivity contribution is 7.97. The Morgan fingerprint density at radius 3 is 3.00 bits per heavy atom. The minimum absolute atomic E-state index is 0.0655. The predicted molar refractivity (Wildman–Crippen MR) is 124 cm³/mol. The van der Waals surface area contributed by atoms with E-state index in [1.54, 1.807) is 11.9 Å². The monoisotopic (exact) mass is 448 g/mol.